The minimum absolute atomic E-state index is 0. The molecule has 0 aliphatic heterocycles. The molecule has 0 bridgehead atoms. The minimum Gasteiger partial charge on any atom is -0.509 e. The largest absolute Gasteiger partial charge is 2.00 e. The van der Waals surface area contributed by atoms with Gasteiger partial charge in [0, 0.05) is 34.5 Å². The molecule has 0 amide bonds. The second kappa shape index (κ2) is 11.9. The van der Waals surface area contributed by atoms with Crippen LogP contribution in [0.1, 0.15) is 36.7 Å². The van der Waals surface area contributed by atoms with Crippen molar-refractivity contribution in [1.29, 1.82) is 0 Å². The first kappa shape index (κ1) is 29.5. The molecular formula is C37H29FN4OPt. The maximum Gasteiger partial charge on any atom is 2.00 e. The van der Waals surface area contributed by atoms with E-state index >= 15 is 0 Å². The Labute approximate surface area is 270 Å². The second-order valence-corrected chi connectivity index (χ2v) is 11.0. The van der Waals surface area contributed by atoms with E-state index in [2.05, 4.69) is 56.1 Å². The Morgan fingerprint density at radius 2 is 1.61 bits per heavy atom. The summed E-state index contributed by atoms with van der Waals surface area (Å²) in [5.74, 6) is 1.85. The molecular weight excluding hydrogens is 731 g/mol. The number of aromatic nitrogens is 4. The van der Waals surface area contributed by atoms with Crippen molar-refractivity contribution in [3.8, 4) is 34.1 Å². The molecule has 0 unspecified atom stereocenters. The molecule has 0 fully saturated rings. The van der Waals surface area contributed by atoms with Gasteiger partial charge in [-0.05, 0) is 72.3 Å². The van der Waals surface area contributed by atoms with Crippen LogP contribution in [-0.4, -0.2) is 19.3 Å². The number of halogens is 1. The minimum atomic E-state index is -0.290. The zero-order valence-corrected chi connectivity index (χ0v) is 27.0. The van der Waals surface area contributed by atoms with E-state index in [4.69, 9.17) is 9.84 Å². The molecule has 3 aromatic heterocycles. The van der Waals surface area contributed by atoms with Crippen LogP contribution in [0.5, 0.6) is 11.5 Å². The molecule has 0 saturated heterocycles. The Bertz CT molecular complexity index is 2130. The number of hydrogen-bond acceptors (Lipinski definition) is 3. The molecule has 4 aromatic carbocycles. The molecule has 0 aliphatic carbocycles. The summed E-state index contributed by atoms with van der Waals surface area (Å²) in [6.45, 7) is 8.39. The molecule has 0 atom stereocenters. The topological polar surface area (TPSA) is 44.9 Å². The normalized spacial score (nSPS) is 11.3. The number of rotatable bonds is 6. The van der Waals surface area contributed by atoms with Gasteiger partial charge in [0.1, 0.15) is 11.6 Å². The van der Waals surface area contributed by atoms with E-state index in [-0.39, 0.29) is 26.9 Å². The van der Waals surface area contributed by atoms with Gasteiger partial charge in [-0.1, -0.05) is 49.7 Å². The number of nitrogens with zero attached hydrogens (tertiary/aromatic N) is 4. The Kier molecular flexibility index (Phi) is 7.96. The molecule has 7 heteroatoms. The maximum atomic E-state index is 14.4. The van der Waals surface area contributed by atoms with Gasteiger partial charge in [0.2, 0.25) is 0 Å². The molecule has 220 valence electrons. The van der Waals surface area contributed by atoms with Crippen LogP contribution in [0.25, 0.3) is 44.4 Å². The number of aryl methyl sites for hydroxylation is 1. The fourth-order valence-electron chi connectivity index (χ4n) is 5.75. The third-order valence-electron chi connectivity index (χ3n) is 7.83. The molecule has 0 N–H and O–H groups in total. The van der Waals surface area contributed by atoms with Gasteiger partial charge in [-0.25, -0.2) is 9.37 Å². The second-order valence-electron chi connectivity index (χ2n) is 11.0. The molecule has 3 heterocycles. The quantitative estimate of drug-likeness (QED) is 0.159. The van der Waals surface area contributed by atoms with Crippen molar-refractivity contribution in [2.75, 3.05) is 0 Å². The Hall–Kier alpha value is -4.54. The molecule has 44 heavy (non-hydrogen) atoms. The predicted octanol–water partition coefficient (Wildman–Crippen LogP) is 9.30. The number of ether oxygens (including phenoxy) is 1. The average Bonchev–Trinajstić information content (AvgIpc) is 3.50. The Morgan fingerprint density at radius 3 is 2.41 bits per heavy atom. The molecule has 7 rings (SSSR count). The van der Waals surface area contributed by atoms with Gasteiger partial charge in [0.15, 0.2) is 0 Å². The summed E-state index contributed by atoms with van der Waals surface area (Å²) < 4.78 is 24.6. The fourth-order valence-corrected chi connectivity index (χ4v) is 5.75. The molecule has 0 aliphatic rings. The van der Waals surface area contributed by atoms with E-state index in [0.717, 1.165) is 55.8 Å². The zero-order valence-electron chi connectivity index (χ0n) is 24.7. The number of benzene rings is 4. The molecule has 0 radical (unpaired) electrons. The Morgan fingerprint density at radius 1 is 0.818 bits per heavy atom. The van der Waals surface area contributed by atoms with Crippen molar-refractivity contribution >= 4 is 21.8 Å². The average molecular weight is 760 g/mol. The summed E-state index contributed by atoms with van der Waals surface area (Å²) >= 11 is 0. The number of pyridine rings is 1. The Balaban J connectivity index is 0.00000343. The van der Waals surface area contributed by atoms with Gasteiger partial charge in [0.05, 0.1) is 5.69 Å². The van der Waals surface area contributed by atoms with Crippen LogP contribution in [0.2, 0.25) is 0 Å². The van der Waals surface area contributed by atoms with Gasteiger partial charge in [-0.2, -0.15) is 17.2 Å². The summed E-state index contributed by atoms with van der Waals surface area (Å²) in [5, 5.41) is 6.48. The predicted molar refractivity (Wildman–Crippen MR) is 169 cm³/mol. The van der Waals surface area contributed by atoms with Crippen molar-refractivity contribution in [2.24, 2.45) is 0 Å². The van der Waals surface area contributed by atoms with Gasteiger partial charge in [-0.3, -0.25) is 4.68 Å². The molecule has 5 nitrogen and oxygen atoms in total. The van der Waals surface area contributed by atoms with Crippen LogP contribution < -0.4 is 4.74 Å². The van der Waals surface area contributed by atoms with Crippen LogP contribution in [0, 0.1) is 31.8 Å². The summed E-state index contributed by atoms with van der Waals surface area (Å²) in [5.41, 5.74) is 7.77. The monoisotopic (exact) mass is 759 g/mol. The van der Waals surface area contributed by atoms with Gasteiger partial charge in [0.25, 0.3) is 0 Å². The van der Waals surface area contributed by atoms with E-state index in [1.54, 1.807) is 12.1 Å². The smallest absolute Gasteiger partial charge is 0.509 e. The SMILES string of the molecule is Cc1nn(-c2[c-]c(Oc3[c-]c4c(cc3)c3cc(F)ccc3n4-c3cc(C(C)C)ccn3)ccc2)c(C)c1-c1ccccc1.[Pt+2]. The summed E-state index contributed by atoms with van der Waals surface area (Å²) in [6, 6.07) is 35.6. The number of fused-ring (bicyclic) bond motifs is 3. The van der Waals surface area contributed by atoms with Crippen molar-refractivity contribution < 1.29 is 30.2 Å². The first-order valence-corrected chi connectivity index (χ1v) is 14.3. The maximum absolute atomic E-state index is 14.4. The first-order chi connectivity index (χ1) is 20.9. The van der Waals surface area contributed by atoms with E-state index in [1.807, 2.05) is 77.0 Å². The summed E-state index contributed by atoms with van der Waals surface area (Å²) in [6.07, 6.45) is 1.81. The first-order valence-electron chi connectivity index (χ1n) is 14.3. The van der Waals surface area contributed by atoms with E-state index < -0.39 is 0 Å². The van der Waals surface area contributed by atoms with E-state index in [9.17, 15) is 4.39 Å². The van der Waals surface area contributed by atoms with Crippen LogP contribution in [-0.2, 0) is 21.1 Å². The molecule has 0 spiro atoms. The van der Waals surface area contributed by atoms with Crippen molar-refractivity contribution in [1.82, 2.24) is 19.3 Å². The molecule has 0 saturated carbocycles. The summed E-state index contributed by atoms with van der Waals surface area (Å²) in [7, 11) is 0. The zero-order chi connectivity index (χ0) is 29.7. The van der Waals surface area contributed by atoms with Gasteiger partial charge < -0.3 is 9.30 Å². The van der Waals surface area contributed by atoms with Crippen molar-refractivity contribution in [3.63, 3.8) is 0 Å². The third kappa shape index (κ3) is 5.24. The van der Waals surface area contributed by atoms with Crippen LogP contribution in [0.15, 0.2) is 97.2 Å². The van der Waals surface area contributed by atoms with Crippen LogP contribution >= 0.6 is 0 Å². The van der Waals surface area contributed by atoms with E-state index in [1.165, 1.54) is 11.6 Å². The summed E-state index contributed by atoms with van der Waals surface area (Å²) in [4.78, 5) is 4.68. The van der Waals surface area contributed by atoms with Crippen molar-refractivity contribution in [2.45, 2.75) is 33.6 Å². The fraction of sp³-hybridized carbons (Fsp3) is 0.135. The van der Waals surface area contributed by atoms with Crippen molar-refractivity contribution in [3.05, 3.63) is 132 Å². The van der Waals surface area contributed by atoms with Gasteiger partial charge in [-0.15, -0.1) is 35.7 Å². The molecule has 7 aromatic rings. The van der Waals surface area contributed by atoms with Crippen LogP contribution in [0.3, 0.4) is 0 Å². The standard InChI is InChI=1S/C37H29FN4O.Pt/c1-23(2)27-17-18-39-36(19-27)41-34-16-13-28(38)20-33(34)32-15-14-31(22-35(32)41)43-30-12-8-11-29(21-30)42-25(4)37(24(3)40-42)26-9-6-5-7-10-26;/h5-20,23H,1-4H3;/q-2;+2. The third-order valence-corrected chi connectivity index (χ3v) is 7.83. The van der Waals surface area contributed by atoms with E-state index in [0.29, 0.717) is 17.4 Å². The van der Waals surface area contributed by atoms with Gasteiger partial charge >= 0.3 is 21.1 Å². The van der Waals surface area contributed by atoms with Crippen LogP contribution in [0.4, 0.5) is 4.39 Å². The number of hydrogen-bond donors (Lipinski definition) is 0.